The van der Waals surface area contributed by atoms with Crippen LogP contribution in [-0.4, -0.2) is 11.7 Å². The van der Waals surface area contributed by atoms with Crippen LogP contribution in [0.2, 0.25) is 0 Å². The van der Waals surface area contributed by atoms with Gasteiger partial charge in [0.05, 0.1) is 5.56 Å². The maximum absolute atomic E-state index is 12.2. The van der Waals surface area contributed by atoms with Crippen LogP contribution in [-0.2, 0) is 6.42 Å². The van der Waals surface area contributed by atoms with E-state index in [2.05, 4.69) is 5.32 Å². The van der Waals surface area contributed by atoms with Gasteiger partial charge in [-0.3, -0.25) is 9.59 Å². The van der Waals surface area contributed by atoms with Gasteiger partial charge in [0.15, 0.2) is 11.5 Å². The van der Waals surface area contributed by atoms with E-state index in [0.29, 0.717) is 17.7 Å². The summed E-state index contributed by atoms with van der Waals surface area (Å²) in [6.45, 7) is 3.96. The Bertz CT molecular complexity index is 707. The number of hydrogen-bond donors (Lipinski definition) is 1. The van der Waals surface area contributed by atoms with Crippen molar-refractivity contribution < 1.29 is 14.0 Å². The molecule has 1 aliphatic carbocycles. The van der Waals surface area contributed by atoms with E-state index in [0.717, 1.165) is 29.7 Å². The number of benzene rings is 1. The summed E-state index contributed by atoms with van der Waals surface area (Å²) < 4.78 is 5.54. The highest BCUT2D eigenvalue weighted by molar-refractivity contribution is 6.05. The lowest BCUT2D eigenvalue weighted by Gasteiger charge is -2.06. The second-order valence-corrected chi connectivity index (χ2v) is 5.55. The van der Waals surface area contributed by atoms with Gasteiger partial charge in [-0.1, -0.05) is 6.07 Å². The molecular weight excluding hydrogens is 266 g/mol. The van der Waals surface area contributed by atoms with Gasteiger partial charge in [0.25, 0.3) is 5.91 Å². The first-order valence-electron chi connectivity index (χ1n) is 7.08. The molecule has 3 rings (SSSR count). The molecule has 1 aliphatic rings. The van der Waals surface area contributed by atoms with Crippen molar-refractivity contribution >= 4 is 17.4 Å². The molecule has 0 radical (unpaired) electrons. The summed E-state index contributed by atoms with van der Waals surface area (Å²) in [4.78, 5) is 24.0. The summed E-state index contributed by atoms with van der Waals surface area (Å²) >= 11 is 0. The largest absolute Gasteiger partial charge is 0.455 e. The number of furan rings is 1. The van der Waals surface area contributed by atoms with Crippen LogP contribution in [0, 0.1) is 13.8 Å². The van der Waals surface area contributed by atoms with E-state index in [-0.39, 0.29) is 17.5 Å². The molecule has 1 aromatic carbocycles. The van der Waals surface area contributed by atoms with Crippen molar-refractivity contribution in [3.05, 3.63) is 52.5 Å². The zero-order chi connectivity index (χ0) is 15.0. The molecule has 0 saturated carbocycles. The molecule has 108 valence electrons. The second-order valence-electron chi connectivity index (χ2n) is 5.55. The van der Waals surface area contributed by atoms with Crippen molar-refractivity contribution in [1.29, 1.82) is 0 Å². The van der Waals surface area contributed by atoms with Crippen molar-refractivity contribution in [3.63, 3.8) is 0 Å². The Hall–Kier alpha value is -2.36. The van der Waals surface area contributed by atoms with E-state index in [4.69, 9.17) is 4.42 Å². The Morgan fingerprint density at radius 2 is 1.81 bits per heavy atom. The van der Waals surface area contributed by atoms with Gasteiger partial charge in [-0.05, 0) is 43.5 Å². The van der Waals surface area contributed by atoms with Crippen LogP contribution in [0.4, 0.5) is 5.69 Å². The molecule has 0 aliphatic heterocycles. The number of hydrogen-bond acceptors (Lipinski definition) is 3. The van der Waals surface area contributed by atoms with E-state index in [9.17, 15) is 9.59 Å². The van der Waals surface area contributed by atoms with Crippen LogP contribution in [0.15, 0.2) is 28.7 Å². The third kappa shape index (κ3) is 2.75. The summed E-state index contributed by atoms with van der Waals surface area (Å²) in [5, 5.41) is 2.82. The fourth-order valence-electron chi connectivity index (χ4n) is 2.75. The summed E-state index contributed by atoms with van der Waals surface area (Å²) in [6.07, 6.45) is 2.04. The first-order chi connectivity index (χ1) is 10.0. The molecule has 1 amide bonds. The molecule has 1 N–H and O–H groups in total. The third-order valence-corrected chi connectivity index (χ3v) is 3.62. The minimum atomic E-state index is -0.317. The van der Waals surface area contributed by atoms with Crippen molar-refractivity contribution in [1.82, 2.24) is 0 Å². The Morgan fingerprint density at radius 1 is 1.10 bits per heavy atom. The molecule has 0 spiro atoms. The number of ketones is 1. The number of carbonyl (C=O) groups excluding carboxylic acids is 2. The van der Waals surface area contributed by atoms with Crippen LogP contribution in [0.5, 0.6) is 0 Å². The van der Waals surface area contributed by atoms with Crippen LogP contribution in [0.25, 0.3) is 0 Å². The molecule has 0 atom stereocenters. The zero-order valence-corrected chi connectivity index (χ0v) is 12.2. The highest BCUT2D eigenvalue weighted by Gasteiger charge is 2.24. The first-order valence-corrected chi connectivity index (χ1v) is 7.08. The van der Waals surface area contributed by atoms with Gasteiger partial charge in [0.1, 0.15) is 5.76 Å². The normalized spacial score (nSPS) is 13.9. The predicted octanol–water partition coefficient (Wildman–Crippen LogP) is 3.67. The van der Waals surface area contributed by atoms with Crippen molar-refractivity contribution in [2.24, 2.45) is 0 Å². The highest BCUT2D eigenvalue weighted by atomic mass is 16.4. The lowest BCUT2D eigenvalue weighted by atomic mass is 9.97. The van der Waals surface area contributed by atoms with Gasteiger partial charge in [0, 0.05) is 24.6 Å². The van der Waals surface area contributed by atoms with E-state index >= 15 is 0 Å². The molecular formula is C17H17NO3. The standard InChI is InChI=1S/C17H17NO3/c1-10-6-11(2)8-12(7-10)18-17(20)16-9-13-14(19)4-3-5-15(13)21-16/h6-9H,3-5H2,1-2H3,(H,18,20). The van der Waals surface area contributed by atoms with E-state index < -0.39 is 0 Å². The fraction of sp³-hybridized carbons (Fsp3) is 0.294. The Labute approximate surface area is 123 Å². The lowest BCUT2D eigenvalue weighted by molar-refractivity contribution is 0.0963. The number of fused-ring (bicyclic) bond motifs is 1. The number of aryl methyl sites for hydroxylation is 3. The molecule has 0 unspecified atom stereocenters. The van der Waals surface area contributed by atoms with Crippen LogP contribution in [0.3, 0.4) is 0 Å². The van der Waals surface area contributed by atoms with Gasteiger partial charge in [0.2, 0.25) is 0 Å². The summed E-state index contributed by atoms with van der Waals surface area (Å²) in [6, 6.07) is 7.41. The van der Waals surface area contributed by atoms with Crippen LogP contribution < -0.4 is 5.32 Å². The van der Waals surface area contributed by atoms with E-state index in [1.807, 2.05) is 32.0 Å². The number of Topliss-reactive ketones (excluding diaryl/α,β-unsaturated/α-hetero) is 1. The summed E-state index contributed by atoms with van der Waals surface area (Å²) in [5.41, 5.74) is 3.46. The molecule has 4 nitrogen and oxygen atoms in total. The minimum absolute atomic E-state index is 0.0606. The molecule has 2 aromatic rings. The smallest absolute Gasteiger partial charge is 0.291 e. The zero-order valence-electron chi connectivity index (χ0n) is 12.2. The van der Waals surface area contributed by atoms with Gasteiger partial charge in [-0.15, -0.1) is 0 Å². The van der Waals surface area contributed by atoms with Crippen molar-refractivity contribution in [3.8, 4) is 0 Å². The van der Waals surface area contributed by atoms with E-state index in [1.165, 1.54) is 0 Å². The fourth-order valence-corrected chi connectivity index (χ4v) is 2.75. The number of amides is 1. The highest BCUT2D eigenvalue weighted by Crippen LogP contribution is 2.25. The number of anilines is 1. The molecule has 21 heavy (non-hydrogen) atoms. The molecule has 0 fully saturated rings. The second kappa shape index (κ2) is 5.20. The molecule has 1 aromatic heterocycles. The summed E-state index contributed by atoms with van der Waals surface area (Å²) in [5.74, 6) is 0.582. The van der Waals surface area contributed by atoms with Gasteiger partial charge < -0.3 is 9.73 Å². The average molecular weight is 283 g/mol. The Balaban J connectivity index is 1.84. The van der Waals surface area contributed by atoms with Gasteiger partial charge in [-0.2, -0.15) is 0 Å². The monoisotopic (exact) mass is 283 g/mol. The quantitative estimate of drug-likeness (QED) is 0.914. The topological polar surface area (TPSA) is 59.3 Å². The predicted molar refractivity (Wildman–Crippen MR) is 79.8 cm³/mol. The third-order valence-electron chi connectivity index (χ3n) is 3.62. The first kappa shape index (κ1) is 13.6. The maximum atomic E-state index is 12.2. The Morgan fingerprint density at radius 3 is 2.48 bits per heavy atom. The number of carbonyl (C=O) groups is 2. The van der Waals surface area contributed by atoms with Gasteiger partial charge in [-0.25, -0.2) is 0 Å². The number of rotatable bonds is 2. The average Bonchev–Trinajstić information content (AvgIpc) is 2.83. The lowest BCUT2D eigenvalue weighted by Crippen LogP contribution is -2.11. The Kier molecular flexibility index (Phi) is 3.37. The van der Waals surface area contributed by atoms with E-state index in [1.54, 1.807) is 6.07 Å². The number of nitrogens with one attached hydrogen (secondary N) is 1. The summed E-state index contributed by atoms with van der Waals surface area (Å²) in [7, 11) is 0. The maximum Gasteiger partial charge on any atom is 0.291 e. The molecule has 1 heterocycles. The van der Waals surface area contributed by atoms with Crippen molar-refractivity contribution in [2.45, 2.75) is 33.1 Å². The molecule has 0 saturated heterocycles. The van der Waals surface area contributed by atoms with Crippen LogP contribution in [0.1, 0.15) is 50.6 Å². The molecule has 0 bridgehead atoms. The van der Waals surface area contributed by atoms with Gasteiger partial charge >= 0.3 is 0 Å². The SMILES string of the molecule is Cc1cc(C)cc(NC(=O)c2cc3c(o2)CCCC3=O)c1. The van der Waals surface area contributed by atoms with Crippen LogP contribution >= 0.6 is 0 Å². The minimum Gasteiger partial charge on any atom is -0.455 e. The van der Waals surface area contributed by atoms with Crippen molar-refractivity contribution in [2.75, 3.05) is 5.32 Å². The molecule has 4 heteroatoms.